The van der Waals surface area contributed by atoms with E-state index in [9.17, 15) is 0 Å². The second kappa shape index (κ2) is 6.33. The molecule has 0 fully saturated rings. The maximum absolute atomic E-state index is 5.84. The van der Waals surface area contributed by atoms with Crippen molar-refractivity contribution in [2.45, 2.75) is 27.2 Å². The zero-order valence-corrected chi connectivity index (χ0v) is 11.2. The Morgan fingerprint density at radius 3 is 2.71 bits per heavy atom. The van der Waals surface area contributed by atoms with Crippen molar-refractivity contribution in [2.75, 3.05) is 30.8 Å². The fraction of sp³-hybridized carbons (Fsp3) is 0.615. The first-order valence-electron chi connectivity index (χ1n) is 6.15. The first-order chi connectivity index (χ1) is 8.04. The highest BCUT2D eigenvalue weighted by atomic mass is 16.5. The molecule has 0 aliphatic heterocycles. The molecule has 1 aromatic rings. The maximum atomic E-state index is 5.84. The minimum Gasteiger partial charge on any atom is -0.476 e. The lowest BCUT2D eigenvalue weighted by atomic mass is 10.2. The predicted molar refractivity (Wildman–Crippen MR) is 72.5 cm³/mol. The predicted octanol–water partition coefficient (Wildman–Crippen LogP) is 2.54. The van der Waals surface area contributed by atoms with Crippen LogP contribution in [0.2, 0.25) is 0 Å². The Balaban J connectivity index is 2.78. The second-order valence-electron chi connectivity index (χ2n) is 4.69. The molecule has 0 saturated heterocycles. The van der Waals surface area contributed by atoms with Gasteiger partial charge in [-0.05, 0) is 24.5 Å². The van der Waals surface area contributed by atoms with Gasteiger partial charge in [0.05, 0.1) is 12.3 Å². The molecule has 1 rings (SSSR count). The van der Waals surface area contributed by atoms with E-state index < -0.39 is 0 Å². The van der Waals surface area contributed by atoms with Crippen LogP contribution >= 0.6 is 0 Å². The number of nitrogen functional groups attached to an aromatic ring is 1. The van der Waals surface area contributed by atoms with Gasteiger partial charge in [0.1, 0.15) is 5.82 Å². The van der Waals surface area contributed by atoms with E-state index in [-0.39, 0.29) is 0 Å². The van der Waals surface area contributed by atoms with E-state index in [4.69, 9.17) is 10.5 Å². The van der Waals surface area contributed by atoms with E-state index in [0.29, 0.717) is 24.1 Å². The average molecular weight is 237 g/mol. The minimum absolute atomic E-state index is 0.466. The summed E-state index contributed by atoms with van der Waals surface area (Å²) in [6.07, 6.45) is 1.09. The monoisotopic (exact) mass is 237 g/mol. The zero-order chi connectivity index (χ0) is 12.8. The Labute approximate surface area is 104 Å². The molecule has 1 aromatic heterocycles. The van der Waals surface area contributed by atoms with E-state index in [1.165, 1.54) is 0 Å². The van der Waals surface area contributed by atoms with Crippen LogP contribution in [-0.4, -0.2) is 25.2 Å². The average Bonchev–Trinajstić information content (AvgIpc) is 2.28. The van der Waals surface area contributed by atoms with Gasteiger partial charge in [0.2, 0.25) is 5.88 Å². The molecular formula is C13H23N3O. The largest absolute Gasteiger partial charge is 0.476 e. The normalized spacial score (nSPS) is 10.6. The van der Waals surface area contributed by atoms with Crippen molar-refractivity contribution in [3.63, 3.8) is 0 Å². The molecule has 0 atom stereocenters. The number of pyridine rings is 1. The summed E-state index contributed by atoms with van der Waals surface area (Å²) in [6, 6.07) is 3.78. The third-order valence-corrected chi connectivity index (χ3v) is 2.38. The molecule has 2 N–H and O–H groups in total. The molecule has 0 aliphatic rings. The molecule has 4 heteroatoms. The second-order valence-corrected chi connectivity index (χ2v) is 4.69. The van der Waals surface area contributed by atoms with Crippen molar-refractivity contribution in [3.05, 3.63) is 12.1 Å². The first kappa shape index (κ1) is 13.6. The summed E-state index contributed by atoms with van der Waals surface area (Å²) < 4.78 is 5.60. The van der Waals surface area contributed by atoms with Crippen molar-refractivity contribution < 1.29 is 4.74 Å². The van der Waals surface area contributed by atoms with Gasteiger partial charge in [0, 0.05) is 13.6 Å². The molecule has 0 saturated carbocycles. The molecule has 4 nitrogen and oxygen atoms in total. The first-order valence-corrected chi connectivity index (χ1v) is 6.15. The molecule has 0 radical (unpaired) electrons. The van der Waals surface area contributed by atoms with E-state index in [1.54, 1.807) is 0 Å². The molecule has 0 aromatic carbocycles. The molecule has 96 valence electrons. The quantitative estimate of drug-likeness (QED) is 0.826. The van der Waals surface area contributed by atoms with Crippen molar-refractivity contribution in [3.8, 4) is 5.88 Å². The summed E-state index contributed by atoms with van der Waals surface area (Å²) >= 11 is 0. The lowest BCUT2D eigenvalue weighted by molar-refractivity contribution is 0.263. The Hall–Kier alpha value is -1.45. The third-order valence-electron chi connectivity index (χ3n) is 2.38. The van der Waals surface area contributed by atoms with Gasteiger partial charge in [-0.25, -0.2) is 0 Å². The topological polar surface area (TPSA) is 51.4 Å². The summed E-state index contributed by atoms with van der Waals surface area (Å²) in [4.78, 5) is 6.54. The number of ether oxygens (including phenoxy) is 1. The van der Waals surface area contributed by atoms with Crippen LogP contribution in [0, 0.1) is 5.92 Å². The molecular weight excluding hydrogens is 214 g/mol. The molecule has 1 heterocycles. The van der Waals surface area contributed by atoms with Gasteiger partial charge in [-0.15, -0.1) is 0 Å². The fourth-order valence-electron chi connectivity index (χ4n) is 1.47. The van der Waals surface area contributed by atoms with Crippen LogP contribution in [0.3, 0.4) is 0 Å². The van der Waals surface area contributed by atoms with Crippen molar-refractivity contribution in [1.82, 2.24) is 4.98 Å². The molecule has 0 aliphatic carbocycles. The Morgan fingerprint density at radius 2 is 2.12 bits per heavy atom. The number of hydrogen-bond acceptors (Lipinski definition) is 4. The fourth-order valence-corrected chi connectivity index (χ4v) is 1.47. The Kier molecular flexibility index (Phi) is 5.07. The molecule has 0 unspecified atom stereocenters. The third kappa shape index (κ3) is 4.13. The lowest BCUT2D eigenvalue weighted by Crippen LogP contribution is -2.19. The number of nitrogens with two attached hydrogens (primary N) is 1. The smallest absolute Gasteiger partial charge is 0.239 e. The summed E-state index contributed by atoms with van der Waals surface area (Å²) in [7, 11) is 2.02. The van der Waals surface area contributed by atoms with E-state index >= 15 is 0 Å². The van der Waals surface area contributed by atoms with Crippen LogP contribution in [0.5, 0.6) is 5.88 Å². The van der Waals surface area contributed by atoms with Crippen LogP contribution in [-0.2, 0) is 0 Å². The highest BCUT2D eigenvalue weighted by Crippen LogP contribution is 2.23. The van der Waals surface area contributed by atoms with Gasteiger partial charge in [-0.3, -0.25) is 0 Å². The molecule has 0 amide bonds. The van der Waals surface area contributed by atoms with Gasteiger partial charge in [-0.2, -0.15) is 4.98 Å². The summed E-state index contributed by atoms with van der Waals surface area (Å²) in [5.74, 6) is 1.91. The number of nitrogens with zero attached hydrogens (tertiary/aromatic N) is 2. The number of hydrogen-bond donors (Lipinski definition) is 1. The van der Waals surface area contributed by atoms with E-state index in [0.717, 1.165) is 18.8 Å². The zero-order valence-electron chi connectivity index (χ0n) is 11.2. The maximum Gasteiger partial charge on any atom is 0.239 e. The van der Waals surface area contributed by atoms with Crippen LogP contribution in [0.4, 0.5) is 11.5 Å². The SMILES string of the molecule is CCCN(C)c1ccc(N)c(OCC(C)C)n1. The van der Waals surface area contributed by atoms with Crippen molar-refractivity contribution in [1.29, 1.82) is 0 Å². The summed E-state index contributed by atoms with van der Waals surface area (Å²) in [6.45, 7) is 7.95. The standard InChI is InChI=1S/C13H23N3O/c1-5-8-16(4)12-7-6-11(14)13(15-12)17-9-10(2)3/h6-7,10H,5,8-9,14H2,1-4H3. The van der Waals surface area contributed by atoms with E-state index in [1.807, 2.05) is 19.2 Å². The highest BCUT2D eigenvalue weighted by molar-refractivity contribution is 5.54. The van der Waals surface area contributed by atoms with Gasteiger partial charge in [0.25, 0.3) is 0 Å². The summed E-state index contributed by atoms with van der Waals surface area (Å²) in [5.41, 5.74) is 6.44. The molecule has 0 bridgehead atoms. The number of anilines is 2. The lowest BCUT2D eigenvalue weighted by Gasteiger charge is -2.18. The number of aromatic nitrogens is 1. The Morgan fingerprint density at radius 1 is 1.41 bits per heavy atom. The van der Waals surface area contributed by atoms with Gasteiger partial charge >= 0.3 is 0 Å². The minimum atomic E-state index is 0.466. The summed E-state index contributed by atoms with van der Waals surface area (Å²) in [5, 5.41) is 0. The van der Waals surface area contributed by atoms with Gasteiger partial charge in [-0.1, -0.05) is 20.8 Å². The molecule has 0 spiro atoms. The number of rotatable bonds is 6. The van der Waals surface area contributed by atoms with Gasteiger partial charge < -0.3 is 15.4 Å². The molecule has 17 heavy (non-hydrogen) atoms. The van der Waals surface area contributed by atoms with Crippen LogP contribution in [0.25, 0.3) is 0 Å². The van der Waals surface area contributed by atoms with Crippen molar-refractivity contribution >= 4 is 11.5 Å². The van der Waals surface area contributed by atoms with E-state index in [2.05, 4.69) is 30.7 Å². The Bertz CT molecular complexity index is 353. The van der Waals surface area contributed by atoms with Crippen LogP contribution in [0.1, 0.15) is 27.2 Å². The van der Waals surface area contributed by atoms with Crippen molar-refractivity contribution in [2.24, 2.45) is 5.92 Å². The van der Waals surface area contributed by atoms with Crippen LogP contribution in [0.15, 0.2) is 12.1 Å². The highest BCUT2D eigenvalue weighted by Gasteiger charge is 2.08. The van der Waals surface area contributed by atoms with Crippen LogP contribution < -0.4 is 15.4 Å². The van der Waals surface area contributed by atoms with Gasteiger partial charge in [0.15, 0.2) is 0 Å².